The fourth-order valence-electron chi connectivity index (χ4n) is 1.92. The third kappa shape index (κ3) is 3.07. The topological polar surface area (TPSA) is 87.5 Å². The molecule has 0 unspecified atom stereocenters. The molecule has 0 amide bonds. The number of hydrogen-bond donors (Lipinski definition) is 0. The number of carbonyl (C=O) groups is 2. The van der Waals surface area contributed by atoms with Crippen LogP contribution in [0.25, 0.3) is 10.8 Å². The zero-order valence-electron chi connectivity index (χ0n) is 11.7. The Morgan fingerprint density at radius 1 is 1.19 bits per heavy atom. The fraction of sp³-hybridized carbons (Fsp3) is 0.286. The normalized spacial score (nSPS) is 10.4. The third-order valence-corrected chi connectivity index (χ3v) is 2.92. The summed E-state index contributed by atoms with van der Waals surface area (Å²) in [4.78, 5) is 35.0. The van der Waals surface area contributed by atoms with Crippen LogP contribution in [0.15, 0.2) is 29.1 Å². The van der Waals surface area contributed by atoms with Crippen molar-refractivity contribution in [3.63, 3.8) is 0 Å². The number of fused-ring (bicyclic) bond motifs is 1. The van der Waals surface area contributed by atoms with Gasteiger partial charge in [-0.2, -0.15) is 0 Å². The largest absolute Gasteiger partial charge is 0.480 e. The van der Waals surface area contributed by atoms with E-state index in [0.717, 1.165) is 4.68 Å². The average Bonchev–Trinajstić information content (AvgIpc) is 2.50. The van der Waals surface area contributed by atoms with Crippen molar-refractivity contribution in [2.45, 2.75) is 13.0 Å². The Morgan fingerprint density at radius 3 is 2.48 bits per heavy atom. The number of nitrogens with zero attached hydrogens (tertiary/aromatic N) is 2. The highest BCUT2D eigenvalue weighted by Crippen LogP contribution is 2.19. The predicted molar refractivity (Wildman–Crippen MR) is 74.2 cm³/mol. The number of aromatic nitrogens is 2. The molecule has 2 rings (SSSR count). The molecule has 110 valence electrons. The molecule has 0 aliphatic heterocycles. The summed E-state index contributed by atoms with van der Waals surface area (Å²) in [5.74, 6) is -0.870. The van der Waals surface area contributed by atoms with Crippen molar-refractivity contribution in [2.24, 2.45) is 0 Å². The molecule has 1 heterocycles. The quantitative estimate of drug-likeness (QED) is 0.590. The minimum absolute atomic E-state index is 0.246. The highest BCUT2D eigenvalue weighted by molar-refractivity contribution is 5.95. The summed E-state index contributed by atoms with van der Waals surface area (Å²) in [6.45, 7) is -0.310. The number of ether oxygens (including phenoxy) is 2. The van der Waals surface area contributed by atoms with Gasteiger partial charge in [0.2, 0.25) is 5.88 Å². The van der Waals surface area contributed by atoms with Crippen molar-refractivity contribution >= 4 is 22.5 Å². The standard InChI is InChI=1S/C14H14N2O5/c1-20-12(18)7-9(17)8-16-14(19)11-6-4-3-5-10(11)13(15-16)21-2/h3-6H,7-8H2,1-2H3. The molecule has 7 nitrogen and oxygen atoms in total. The van der Waals surface area contributed by atoms with E-state index in [1.165, 1.54) is 14.2 Å². The van der Waals surface area contributed by atoms with E-state index in [2.05, 4.69) is 9.84 Å². The van der Waals surface area contributed by atoms with Crippen LogP contribution in [0.3, 0.4) is 0 Å². The van der Waals surface area contributed by atoms with Gasteiger partial charge in [-0.1, -0.05) is 12.1 Å². The Morgan fingerprint density at radius 2 is 1.86 bits per heavy atom. The molecule has 0 saturated heterocycles. The lowest BCUT2D eigenvalue weighted by molar-refractivity contribution is -0.143. The minimum Gasteiger partial charge on any atom is -0.480 e. The Hall–Kier alpha value is -2.70. The second-order valence-corrected chi connectivity index (χ2v) is 4.31. The van der Waals surface area contributed by atoms with Crippen molar-refractivity contribution in [3.8, 4) is 5.88 Å². The van der Waals surface area contributed by atoms with Crippen LogP contribution in [0.1, 0.15) is 6.42 Å². The number of benzene rings is 1. The van der Waals surface area contributed by atoms with Crippen LogP contribution < -0.4 is 10.3 Å². The lowest BCUT2D eigenvalue weighted by Gasteiger charge is -2.09. The zero-order valence-corrected chi connectivity index (χ0v) is 11.7. The first-order valence-electron chi connectivity index (χ1n) is 6.19. The van der Waals surface area contributed by atoms with E-state index >= 15 is 0 Å². The molecule has 21 heavy (non-hydrogen) atoms. The second kappa shape index (κ2) is 6.17. The molecule has 7 heteroatoms. The van der Waals surface area contributed by atoms with Crippen LogP contribution in [0.4, 0.5) is 0 Å². The van der Waals surface area contributed by atoms with E-state index in [4.69, 9.17) is 4.74 Å². The van der Waals surface area contributed by atoms with E-state index in [0.29, 0.717) is 10.8 Å². The highest BCUT2D eigenvalue weighted by atomic mass is 16.5. The fourth-order valence-corrected chi connectivity index (χ4v) is 1.92. The number of rotatable bonds is 5. The van der Waals surface area contributed by atoms with Gasteiger partial charge in [0.25, 0.3) is 5.56 Å². The van der Waals surface area contributed by atoms with Gasteiger partial charge in [-0.15, -0.1) is 5.10 Å². The van der Waals surface area contributed by atoms with Crippen LogP contribution in [0.5, 0.6) is 5.88 Å². The van der Waals surface area contributed by atoms with Gasteiger partial charge in [0.1, 0.15) is 13.0 Å². The Balaban J connectivity index is 2.41. The molecule has 0 N–H and O–H groups in total. The number of esters is 1. The van der Waals surface area contributed by atoms with E-state index in [1.54, 1.807) is 24.3 Å². The first kappa shape index (κ1) is 14.7. The Bertz CT molecular complexity index is 751. The molecule has 0 aliphatic rings. The van der Waals surface area contributed by atoms with Crippen LogP contribution in [-0.2, 0) is 20.9 Å². The van der Waals surface area contributed by atoms with Crippen molar-refractivity contribution < 1.29 is 19.1 Å². The molecule has 0 bridgehead atoms. The summed E-state index contributed by atoms with van der Waals surface area (Å²) in [6, 6.07) is 6.81. The number of ketones is 1. The smallest absolute Gasteiger partial charge is 0.313 e. The van der Waals surface area contributed by atoms with Gasteiger partial charge in [0.05, 0.1) is 25.0 Å². The van der Waals surface area contributed by atoms with Crippen LogP contribution >= 0.6 is 0 Å². The highest BCUT2D eigenvalue weighted by Gasteiger charge is 2.15. The van der Waals surface area contributed by atoms with Gasteiger partial charge in [0, 0.05) is 0 Å². The second-order valence-electron chi connectivity index (χ2n) is 4.31. The Labute approximate surface area is 120 Å². The summed E-state index contributed by atoms with van der Waals surface area (Å²) >= 11 is 0. The van der Waals surface area contributed by atoms with Crippen molar-refractivity contribution in [2.75, 3.05) is 14.2 Å². The van der Waals surface area contributed by atoms with E-state index in [9.17, 15) is 14.4 Å². The Kier molecular flexibility index (Phi) is 4.32. The molecular weight excluding hydrogens is 276 g/mol. The molecular formula is C14H14N2O5. The lowest BCUT2D eigenvalue weighted by atomic mass is 10.2. The van der Waals surface area contributed by atoms with Crippen LogP contribution in [-0.4, -0.2) is 35.8 Å². The monoisotopic (exact) mass is 290 g/mol. The van der Waals surface area contributed by atoms with Gasteiger partial charge >= 0.3 is 5.97 Å². The summed E-state index contributed by atoms with van der Waals surface area (Å²) in [5, 5.41) is 4.97. The van der Waals surface area contributed by atoms with Crippen LogP contribution in [0, 0.1) is 0 Å². The first-order valence-corrected chi connectivity index (χ1v) is 6.19. The maximum atomic E-state index is 12.3. The molecule has 0 radical (unpaired) electrons. The SMILES string of the molecule is COC(=O)CC(=O)Cn1nc(OC)c2ccccc2c1=O. The van der Waals surface area contributed by atoms with Crippen molar-refractivity contribution in [1.82, 2.24) is 9.78 Å². The summed E-state index contributed by atoms with van der Waals surface area (Å²) in [6.07, 6.45) is -0.403. The third-order valence-electron chi connectivity index (χ3n) is 2.92. The summed E-state index contributed by atoms with van der Waals surface area (Å²) in [5.41, 5.74) is -0.412. The first-order chi connectivity index (χ1) is 10.1. The van der Waals surface area contributed by atoms with Gasteiger partial charge in [-0.05, 0) is 12.1 Å². The van der Waals surface area contributed by atoms with Crippen molar-refractivity contribution in [3.05, 3.63) is 34.6 Å². The molecule has 0 fully saturated rings. The maximum absolute atomic E-state index is 12.3. The van der Waals surface area contributed by atoms with E-state index < -0.39 is 23.7 Å². The number of hydrogen-bond acceptors (Lipinski definition) is 6. The summed E-state index contributed by atoms with van der Waals surface area (Å²) in [7, 11) is 2.62. The maximum Gasteiger partial charge on any atom is 0.313 e. The summed E-state index contributed by atoms with van der Waals surface area (Å²) < 4.78 is 10.5. The molecule has 2 aromatic rings. The molecule has 0 aliphatic carbocycles. The molecule has 0 spiro atoms. The number of methoxy groups -OCH3 is 2. The van der Waals surface area contributed by atoms with Gasteiger partial charge < -0.3 is 9.47 Å². The molecule has 0 saturated carbocycles. The zero-order chi connectivity index (χ0) is 15.4. The average molecular weight is 290 g/mol. The predicted octanol–water partition coefficient (Wildman–Crippen LogP) is 0.537. The molecule has 1 aromatic carbocycles. The van der Waals surface area contributed by atoms with Gasteiger partial charge in [-0.25, -0.2) is 4.68 Å². The van der Waals surface area contributed by atoms with Gasteiger partial charge in [0.15, 0.2) is 5.78 Å². The van der Waals surface area contributed by atoms with E-state index in [1.807, 2.05) is 0 Å². The molecule has 0 atom stereocenters. The lowest BCUT2D eigenvalue weighted by Crippen LogP contribution is -2.28. The van der Waals surface area contributed by atoms with Gasteiger partial charge in [-0.3, -0.25) is 14.4 Å². The van der Waals surface area contributed by atoms with Crippen molar-refractivity contribution in [1.29, 1.82) is 0 Å². The number of Topliss-reactive ketones (excluding diaryl/α,β-unsaturated/α-hetero) is 1. The minimum atomic E-state index is -0.652. The number of carbonyl (C=O) groups excluding carboxylic acids is 2. The van der Waals surface area contributed by atoms with E-state index in [-0.39, 0.29) is 12.4 Å². The molecule has 1 aromatic heterocycles. The van der Waals surface area contributed by atoms with Crippen LogP contribution in [0.2, 0.25) is 0 Å².